The molecule has 1 saturated heterocycles. The third-order valence-electron chi connectivity index (χ3n) is 4.71. The molecule has 1 aromatic carbocycles. The summed E-state index contributed by atoms with van der Waals surface area (Å²) in [6, 6.07) is 4.74. The van der Waals surface area contributed by atoms with E-state index < -0.39 is 12.0 Å². The Morgan fingerprint density at radius 3 is 2.73 bits per heavy atom. The smallest absolute Gasteiger partial charge is 0.338 e. The van der Waals surface area contributed by atoms with E-state index in [0.29, 0.717) is 30.0 Å². The van der Waals surface area contributed by atoms with Crippen LogP contribution in [-0.4, -0.2) is 42.8 Å². The number of urea groups is 1. The van der Waals surface area contributed by atoms with Gasteiger partial charge in [-0.15, -0.1) is 0 Å². The molecule has 0 bridgehead atoms. The first-order valence-corrected chi connectivity index (χ1v) is 8.84. The van der Waals surface area contributed by atoms with Crippen LogP contribution in [0.3, 0.4) is 0 Å². The Morgan fingerprint density at radius 2 is 2.12 bits per heavy atom. The molecule has 26 heavy (non-hydrogen) atoms. The van der Waals surface area contributed by atoms with Crippen LogP contribution in [-0.2, 0) is 14.3 Å². The standard InChI is InChI=1S/C19H23FN2O4/c1-3-25-18(23)16-12(2)22(11-15-5-4-10-26-15)19(24)21-17(16)13-6-8-14(20)9-7-13/h6-9,15,17H,3-5,10-11H2,1-2H3,(H,21,24)/t15-,17-/m0/s1. The van der Waals surface area contributed by atoms with Crippen LogP contribution in [0.15, 0.2) is 35.5 Å². The summed E-state index contributed by atoms with van der Waals surface area (Å²) in [5.74, 6) is -0.869. The minimum atomic E-state index is -0.678. The predicted molar refractivity (Wildman–Crippen MR) is 92.7 cm³/mol. The van der Waals surface area contributed by atoms with Crippen LogP contribution in [0.1, 0.15) is 38.3 Å². The van der Waals surface area contributed by atoms with Gasteiger partial charge in [0.05, 0.1) is 30.9 Å². The van der Waals surface area contributed by atoms with Gasteiger partial charge >= 0.3 is 12.0 Å². The molecule has 7 heteroatoms. The highest BCUT2D eigenvalue weighted by atomic mass is 19.1. The number of nitrogens with zero attached hydrogens (tertiary/aromatic N) is 1. The SMILES string of the molecule is CCOC(=O)C1=C(C)N(C[C@@H]2CCCO2)C(=O)N[C@H]1c1ccc(F)cc1. The van der Waals surface area contributed by atoms with Gasteiger partial charge in [0.1, 0.15) is 5.82 Å². The molecule has 1 fully saturated rings. The molecule has 140 valence electrons. The van der Waals surface area contributed by atoms with Crippen LogP contribution in [0.5, 0.6) is 0 Å². The summed E-state index contributed by atoms with van der Waals surface area (Å²) in [5.41, 5.74) is 1.52. The van der Waals surface area contributed by atoms with Crippen molar-refractivity contribution in [2.24, 2.45) is 0 Å². The molecule has 0 saturated carbocycles. The summed E-state index contributed by atoms with van der Waals surface area (Å²) in [6.07, 6.45) is 1.81. The van der Waals surface area contributed by atoms with Crippen molar-refractivity contribution in [1.82, 2.24) is 10.2 Å². The normalized spacial score (nSPS) is 23.2. The fourth-order valence-corrected chi connectivity index (χ4v) is 3.37. The van der Waals surface area contributed by atoms with E-state index in [9.17, 15) is 14.0 Å². The zero-order valence-corrected chi connectivity index (χ0v) is 15.0. The second kappa shape index (κ2) is 7.86. The number of amides is 2. The first-order chi connectivity index (χ1) is 12.5. The molecular formula is C19H23FN2O4. The second-order valence-corrected chi connectivity index (χ2v) is 6.40. The van der Waals surface area contributed by atoms with E-state index in [0.717, 1.165) is 12.8 Å². The van der Waals surface area contributed by atoms with Gasteiger partial charge in [0.15, 0.2) is 0 Å². The molecule has 1 aromatic rings. The van der Waals surface area contributed by atoms with Crippen molar-refractivity contribution in [2.75, 3.05) is 19.8 Å². The van der Waals surface area contributed by atoms with Crippen molar-refractivity contribution in [1.29, 1.82) is 0 Å². The molecule has 2 aliphatic heterocycles. The Hall–Kier alpha value is -2.41. The van der Waals surface area contributed by atoms with Crippen molar-refractivity contribution in [3.8, 4) is 0 Å². The topological polar surface area (TPSA) is 67.9 Å². The fraction of sp³-hybridized carbons (Fsp3) is 0.474. The van der Waals surface area contributed by atoms with Gasteiger partial charge in [0, 0.05) is 12.3 Å². The molecule has 2 amide bonds. The number of hydrogen-bond donors (Lipinski definition) is 1. The summed E-state index contributed by atoms with van der Waals surface area (Å²) in [4.78, 5) is 26.8. The van der Waals surface area contributed by atoms with Gasteiger partial charge in [-0.05, 0) is 44.4 Å². The zero-order chi connectivity index (χ0) is 18.7. The Balaban J connectivity index is 1.96. The molecule has 1 N–H and O–H groups in total. The lowest BCUT2D eigenvalue weighted by Gasteiger charge is -2.36. The van der Waals surface area contributed by atoms with E-state index in [2.05, 4.69) is 5.32 Å². The quantitative estimate of drug-likeness (QED) is 0.818. The van der Waals surface area contributed by atoms with Gasteiger partial charge in [-0.1, -0.05) is 12.1 Å². The molecule has 0 spiro atoms. The van der Waals surface area contributed by atoms with Crippen LogP contribution in [0.4, 0.5) is 9.18 Å². The molecule has 0 unspecified atom stereocenters. The van der Waals surface area contributed by atoms with E-state index >= 15 is 0 Å². The van der Waals surface area contributed by atoms with Crippen LogP contribution in [0, 0.1) is 5.82 Å². The Kier molecular flexibility index (Phi) is 5.56. The molecule has 0 radical (unpaired) electrons. The maximum atomic E-state index is 13.3. The highest BCUT2D eigenvalue weighted by Crippen LogP contribution is 2.32. The number of benzene rings is 1. The summed E-state index contributed by atoms with van der Waals surface area (Å²) in [7, 11) is 0. The average molecular weight is 362 g/mol. The minimum absolute atomic E-state index is 0.0403. The van der Waals surface area contributed by atoms with Gasteiger partial charge in [-0.25, -0.2) is 14.0 Å². The molecule has 0 aromatic heterocycles. The van der Waals surface area contributed by atoms with Gasteiger partial charge in [-0.2, -0.15) is 0 Å². The van der Waals surface area contributed by atoms with Crippen LogP contribution >= 0.6 is 0 Å². The van der Waals surface area contributed by atoms with Crippen molar-refractivity contribution < 1.29 is 23.5 Å². The number of hydrogen-bond acceptors (Lipinski definition) is 4. The number of rotatable bonds is 5. The predicted octanol–water partition coefficient (Wildman–Crippen LogP) is 2.91. The molecule has 6 nitrogen and oxygen atoms in total. The summed E-state index contributed by atoms with van der Waals surface area (Å²) in [6.45, 7) is 4.76. The van der Waals surface area contributed by atoms with Gasteiger partial charge < -0.3 is 14.8 Å². The second-order valence-electron chi connectivity index (χ2n) is 6.40. The maximum absolute atomic E-state index is 13.3. The summed E-state index contributed by atoms with van der Waals surface area (Å²) >= 11 is 0. The van der Waals surface area contributed by atoms with Crippen molar-refractivity contribution in [2.45, 2.75) is 38.8 Å². The van der Waals surface area contributed by atoms with E-state index in [4.69, 9.17) is 9.47 Å². The Labute approximate surface area is 151 Å². The van der Waals surface area contributed by atoms with Crippen molar-refractivity contribution >= 4 is 12.0 Å². The zero-order valence-electron chi connectivity index (χ0n) is 15.0. The molecule has 2 atom stereocenters. The average Bonchev–Trinajstić information content (AvgIpc) is 3.12. The highest BCUT2D eigenvalue weighted by molar-refractivity contribution is 5.95. The molecule has 3 rings (SSSR count). The van der Waals surface area contributed by atoms with E-state index in [1.807, 2.05) is 0 Å². The van der Waals surface area contributed by atoms with Gasteiger partial charge in [0.25, 0.3) is 0 Å². The van der Waals surface area contributed by atoms with Gasteiger partial charge in [-0.3, -0.25) is 4.90 Å². The van der Waals surface area contributed by atoms with Crippen molar-refractivity contribution in [3.63, 3.8) is 0 Å². The lowest BCUT2D eigenvalue weighted by Crippen LogP contribution is -2.50. The van der Waals surface area contributed by atoms with Crippen LogP contribution in [0.2, 0.25) is 0 Å². The number of esters is 1. The fourth-order valence-electron chi connectivity index (χ4n) is 3.37. The van der Waals surface area contributed by atoms with E-state index in [1.165, 1.54) is 17.0 Å². The Morgan fingerprint density at radius 1 is 1.38 bits per heavy atom. The summed E-state index contributed by atoms with van der Waals surface area (Å²) < 4.78 is 24.1. The molecular weight excluding hydrogens is 339 g/mol. The maximum Gasteiger partial charge on any atom is 0.338 e. The number of carbonyl (C=O) groups is 2. The molecule has 2 heterocycles. The highest BCUT2D eigenvalue weighted by Gasteiger charge is 2.37. The van der Waals surface area contributed by atoms with Gasteiger partial charge in [0.2, 0.25) is 0 Å². The van der Waals surface area contributed by atoms with Crippen LogP contribution in [0.25, 0.3) is 0 Å². The van der Waals surface area contributed by atoms with E-state index in [1.54, 1.807) is 26.0 Å². The minimum Gasteiger partial charge on any atom is -0.463 e. The monoisotopic (exact) mass is 362 g/mol. The first kappa shape index (κ1) is 18.4. The summed E-state index contributed by atoms with van der Waals surface area (Å²) in [5, 5.41) is 2.85. The molecule has 2 aliphatic rings. The lowest BCUT2D eigenvalue weighted by molar-refractivity contribution is -0.139. The largest absolute Gasteiger partial charge is 0.463 e. The third kappa shape index (κ3) is 3.72. The lowest BCUT2D eigenvalue weighted by atomic mass is 9.94. The number of ether oxygens (including phenoxy) is 2. The van der Waals surface area contributed by atoms with Crippen LogP contribution < -0.4 is 5.32 Å². The number of carbonyl (C=O) groups excluding carboxylic acids is 2. The number of allylic oxidation sites excluding steroid dienone is 1. The number of halogens is 1. The Bertz CT molecular complexity index is 711. The molecule has 0 aliphatic carbocycles. The first-order valence-electron chi connectivity index (χ1n) is 8.84. The van der Waals surface area contributed by atoms with E-state index in [-0.39, 0.29) is 24.6 Å². The number of nitrogens with one attached hydrogen (secondary N) is 1. The third-order valence-corrected chi connectivity index (χ3v) is 4.71. The van der Waals surface area contributed by atoms with Crippen molar-refractivity contribution in [3.05, 3.63) is 46.9 Å².